The highest BCUT2D eigenvalue weighted by atomic mass is 16.6. The van der Waals surface area contributed by atoms with E-state index in [1.165, 1.54) is 18.4 Å². The van der Waals surface area contributed by atoms with Crippen LogP contribution in [0.3, 0.4) is 0 Å². The summed E-state index contributed by atoms with van der Waals surface area (Å²) in [6.45, 7) is 7.05. The maximum Gasteiger partial charge on any atom is 0.414 e. The molecule has 0 saturated heterocycles. The van der Waals surface area contributed by atoms with Gasteiger partial charge < -0.3 is 4.74 Å². The first kappa shape index (κ1) is 16.9. The number of benzene rings is 1. The second kappa shape index (κ2) is 8.21. The van der Waals surface area contributed by atoms with Crippen LogP contribution < -0.4 is 4.90 Å². The number of ether oxygens (including phenoxy) is 1. The Morgan fingerprint density at radius 3 is 2.77 bits per heavy atom. The third kappa shape index (κ3) is 3.82. The van der Waals surface area contributed by atoms with Crippen LogP contribution in [0, 0.1) is 5.92 Å². The first-order chi connectivity index (χ1) is 10.7. The number of rotatable bonds is 7. The SMILES string of the molecule is CCCCC(CC)COC(=O)N1c2ccccc2CC1CC. The van der Waals surface area contributed by atoms with Crippen molar-refractivity contribution in [2.75, 3.05) is 11.5 Å². The Hall–Kier alpha value is -1.51. The third-order valence-electron chi connectivity index (χ3n) is 4.73. The maximum atomic E-state index is 12.6. The summed E-state index contributed by atoms with van der Waals surface area (Å²) < 4.78 is 5.65. The van der Waals surface area contributed by atoms with Gasteiger partial charge in [0.25, 0.3) is 0 Å². The topological polar surface area (TPSA) is 29.5 Å². The molecule has 0 aliphatic carbocycles. The first-order valence-corrected chi connectivity index (χ1v) is 8.75. The molecule has 2 unspecified atom stereocenters. The minimum absolute atomic E-state index is 0.174. The lowest BCUT2D eigenvalue weighted by molar-refractivity contribution is 0.127. The Labute approximate surface area is 134 Å². The molecule has 1 aromatic carbocycles. The number of hydrogen-bond acceptors (Lipinski definition) is 2. The number of amides is 1. The first-order valence-electron chi connectivity index (χ1n) is 8.75. The Bertz CT molecular complexity index is 486. The highest BCUT2D eigenvalue weighted by molar-refractivity contribution is 5.91. The van der Waals surface area contributed by atoms with E-state index in [0.29, 0.717) is 12.5 Å². The number of hydrogen-bond donors (Lipinski definition) is 0. The van der Waals surface area contributed by atoms with Gasteiger partial charge in [-0.3, -0.25) is 4.90 Å². The Balaban J connectivity index is 1.99. The van der Waals surface area contributed by atoms with Gasteiger partial charge in [0.2, 0.25) is 0 Å². The van der Waals surface area contributed by atoms with Gasteiger partial charge in [-0.1, -0.05) is 58.2 Å². The lowest BCUT2D eigenvalue weighted by Crippen LogP contribution is -2.38. The molecule has 2 atom stereocenters. The highest BCUT2D eigenvalue weighted by Crippen LogP contribution is 2.33. The molecule has 3 heteroatoms. The average molecular weight is 303 g/mol. The summed E-state index contributed by atoms with van der Waals surface area (Å²) in [6, 6.07) is 8.41. The predicted octanol–water partition coefficient (Wildman–Crippen LogP) is 5.18. The fraction of sp³-hybridized carbons (Fsp3) is 0.632. The molecule has 1 heterocycles. The van der Waals surface area contributed by atoms with Crippen LogP contribution in [0.1, 0.15) is 58.4 Å². The minimum atomic E-state index is -0.174. The number of nitrogens with zero attached hydrogens (tertiary/aromatic N) is 1. The Morgan fingerprint density at radius 2 is 2.09 bits per heavy atom. The smallest absolute Gasteiger partial charge is 0.414 e. The van der Waals surface area contributed by atoms with Crippen molar-refractivity contribution in [3.8, 4) is 0 Å². The molecule has 1 amide bonds. The van der Waals surface area contributed by atoms with Crippen LogP contribution in [0.25, 0.3) is 0 Å². The van der Waals surface area contributed by atoms with Crippen molar-refractivity contribution in [2.24, 2.45) is 5.92 Å². The zero-order valence-electron chi connectivity index (χ0n) is 14.2. The van der Waals surface area contributed by atoms with Gasteiger partial charge in [-0.05, 0) is 36.8 Å². The summed E-state index contributed by atoms with van der Waals surface area (Å²) >= 11 is 0. The van der Waals surface area contributed by atoms with Crippen LogP contribution in [0.2, 0.25) is 0 Å². The third-order valence-corrected chi connectivity index (χ3v) is 4.73. The average Bonchev–Trinajstić information content (AvgIpc) is 2.93. The zero-order chi connectivity index (χ0) is 15.9. The molecule has 1 aromatic rings. The summed E-state index contributed by atoms with van der Waals surface area (Å²) in [7, 11) is 0. The summed E-state index contributed by atoms with van der Waals surface area (Å²) in [5.41, 5.74) is 2.28. The molecule has 22 heavy (non-hydrogen) atoms. The predicted molar refractivity (Wildman–Crippen MR) is 91.4 cm³/mol. The van der Waals surface area contributed by atoms with Crippen molar-refractivity contribution in [2.45, 2.75) is 65.3 Å². The monoisotopic (exact) mass is 303 g/mol. The molecular weight excluding hydrogens is 274 g/mol. The molecule has 2 rings (SSSR count). The fourth-order valence-electron chi connectivity index (χ4n) is 3.19. The fourth-order valence-corrected chi connectivity index (χ4v) is 3.19. The highest BCUT2D eigenvalue weighted by Gasteiger charge is 2.33. The van der Waals surface area contributed by atoms with Crippen LogP contribution in [0.4, 0.5) is 10.5 Å². The Morgan fingerprint density at radius 1 is 1.32 bits per heavy atom. The Kier molecular flexibility index (Phi) is 6.29. The van der Waals surface area contributed by atoms with Crippen molar-refractivity contribution in [1.82, 2.24) is 0 Å². The maximum absolute atomic E-state index is 12.6. The van der Waals surface area contributed by atoms with Crippen LogP contribution in [-0.2, 0) is 11.2 Å². The van der Waals surface area contributed by atoms with Crippen LogP contribution in [0.15, 0.2) is 24.3 Å². The number of carbonyl (C=O) groups excluding carboxylic acids is 1. The standard InChI is InChI=1S/C19H29NO2/c1-4-7-10-15(5-2)14-22-19(21)20-17(6-3)13-16-11-8-9-12-18(16)20/h8-9,11-12,15,17H,4-7,10,13-14H2,1-3H3. The van der Waals surface area contributed by atoms with Crippen molar-refractivity contribution in [3.05, 3.63) is 29.8 Å². The zero-order valence-corrected chi connectivity index (χ0v) is 14.2. The van der Waals surface area contributed by atoms with E-state index in [-0.39, 0.29) is 12.1 Å². The molecular formula is C19H29NO2. The molecule has 0 aromatic heterocycles. The lowest BCUT2D eigenvalue weighted by Gasteiger charge is -2.25. The van der Waals surface area contributed by atoms with Gasteiger partial charge in [-0.15, -0.1) is 0 Å². The molecule has 1 aliphatic heterocycles. The largest absolute Gasteiger partial charge is 0.449 e. The van der Waals surface area contributed by atoms with Crippen molar-refractivity contribution in [3.63, 3.8) is 0 Å². The van der Waals surface area contributed by atoms with Crippen LogP contribution >= 0.6 is 0 Å². The molecule has 0 spiro atoms. The lowest BCUT2D eigenvalue weighted by atomic mass is 10.0. The van der Waals surface area contributed by atoms with Gasteiger partial charge in [-0.25, -0.2) is 4.79 Å². The summed E-state index contributed by atoms with van der Waals surface area (Å²) in [4.78, 5) is 14.4. The number of carbonyl (C=O) groups is 1. The second-order valence-corrected chi connectivity index (χ2v) is 6.26. The number of anilines is 1. The second-order valence-electron chi connectivity index (χ2n) is 6.26. The van der Waals surface area contributed by atoms with E-state index in [9.17, 15) is 4.79 Å². The van der Waals surface area contributed by atoms with E-state index in [1.807, 2.05) is 23.1 Å². The van der Waals surface area contributed by atoms with Crippen molar-refractivity contribution < 1.29 is 9.53 Å². The number of unbranched alkanes of at least 4 members (excludes halogenated alkanes) is 1. The van der Waals surface area contributed by atoms with Crippen molar-refractivity contribution >= 4 is 11.8 Å². The van der Waals surface area contributed by atoms with Crippen LogP contribution in [-0.4, -0.2) is 18.7 Å². The summed E-state index contributed by atoms with van der Waals surface area (Å²) in [5.74, 6) is 0.488. The van der Waals surface area contributed by atoms with Gasteiger partial charge in [-0.2, -0.15) is 0 Å². The molecule has 0 N–H and O–H groups in total. The van der Waals surface area contributed by atoms with E-state index < -0.39 is 0 Å². The van der Waals surface area contributed by atoms with E-state index in [1.54, 1.807) is 0 Å². The van der Waals surface area contributed by atoms with E-state index in [4.69, 9.17) is 4.74 Å². The van der Waals surface area contributed by atoms with Gasteiger partial charge in [0, 0.05) is 6.04 Å². The molecule has 0 bridgehead atoms. The normalized spacial score (nSPS) is 18.1. The molecule has 0 saturated carbocycles. The van der Waals surface area contributed by atoms with Gasteiger partial charge in [0.15, 0.2) is 0 Å². The molecule has 0 fully saturated rings. The molecule has 1 aliphatic rings. The van der Waals surface area contributed by atoms with E-state index in [0.717, 1.165) is 31.4 Å². The van der Waals surface area contributed by atoms with Gasteiger partial charge in [0.05, 0.1) is 12.3 Å². The molecule has 0 radical (unpaired) electrons. The van der Waals surface area contributed by atoms with Gasteiger partial charge >= 0.3 is 6.09 Å². The molecule has 3 nitrogen and oxygen atoms in total. The van der Waals surface area contributed by atoms with Gasteiger partial charge in [0.1, 0.15) is 0 Å². The summed E-state index contributed by atoms with van der Waals surface area (Å²) in [5, 5.41) is 0. The molecule has 122 valence electrons. The number of fused-ring (bicyclic) bond motifs is 1. The minimum Gasteiger partial charge on any atom is -0.449 e. The van der Waals surface area contributed by atoms with E-state index >= 15 is 0 Å². The number of para-hydroxylation sites is 1. The summed E-state index contributed by atoms with van der Waals surface area (Å²) in [6.07, 6.45) is 6.34. The van der Waals surface area contributed by atoms with Crippen molar-refractivity contribution in [1.29, 1.82) is 0 Å². The quantitative estimate of drug-likeness (QED) is 0.694. The van der Waals surface area contributed by atoms with E-state index in [2.05, 4.69) is 26.8 Å². The van der Waals surface area contributed by atoms with Crippen LogP contribution in [0.5, 0.6) is 0 Å².